The predicted molar refractivity (Wildman–Crippen MR) is 64.8 cm³/mol. The van der Waals surface area contributed by atoms with E-state index in [1.807, 2.05) is 18.3 Å². The van der Waals surface area contributed by atoms with E-state index in [0.717, 1.165) is 18.4 Å². The Labute approximate surface area is 97.2 Å². The number of hydrazine groups is 1. The first kappa shape index (κ1) is 13.1. The molecule has 0 saturated carbocycles. The Morgan fingerprint density at radius 1 is 1.62 bits per heavy atom. The van der Waals surface area contributed by atoms with Crippen LogP contribution in [0, 0.1) is 0 Å². The van der Waals surface area contributed by atoms with E-state index in [2.05, 4.69) is 24.3 Å². The van der Waals surface area contributed by atoms with Crippen molar-refractivity contribution < 1.29 is 4.74 Å². The molecule has 0 aliphatic rings. The summed E-state index contributed by atoms with van der Waals surface area (Å²) in [5, 5.41) is 0. The Hall–Kier alpha value is -0.970. The number of hydrogen-bond donors (Lipinski definition) is 2. The average molecular weight is 223 g/mol. The lowest BCUT2D eigenvalue weighted by molar-refractivity contribution is -0.0288. The van der Waals surface area contributed by atoms with Gasteiger partial charge in [-0.2, -0.15) is 0 Å². The molecule has 16 heavy (non-hydrogen) atoms. The topological polar surface area (TPSA) is 60.2 Å². The van der Waals surface area contributed by atoms with Crippen molar-refractivity contribution in [3.8, 4) is 0 Å². The minimum Gasteiger partial charge on any atom is -0.377 e. The summed E-state index contributed by atoms with van der Waals surface area (Å²) in [5.74, 6) is 5.61. The van der Waals surface area contributed by atoms with E-state index in [9.17, 15) is 0 Å². The summed E-state index contributed by atoms with van der Waals surface area (Å²) in [4.78, 5) is 4.10. The zero-order valence-corrected chi connectivity index (χ0v) is 10.2. The smallest absolute Gasteiger partial charge is 0.0817 e. The number of ether oxygens (including phenoxy) is 1. The van der Waals surface area contributed by atoms with Gasteiger partial charge in [-0.05, 0) is 31.4 Å². The lowest BCUT2D eigenvalue weighted by Gasteiger charge is -2.35. The maximum absolute atomic E-state index is 5.61. The molecule has 0 radical (unpaired) electrons. The van der Waals surface area contributed by atoms with Crippen LogP contribution in [0.4, 0.5) is 0 Å². The largest absolute Gasteiger partial charge is 0.377 e. The molecule has 0 bridgehead atoms. The maximum Gasteiger partial charge on any atom is 0.0817 e. The van der Waals surface area contributed by atoms with E-state index in [-0.39, 0.29) is 11.6 Å². The number of pyridine rings is 1. The molecule has 1 aromatic heterocycles. The SMILES string of the molecule is CCC(C)(OC)C(Cc1cccnc1)NN. The molecule has 1 rings (SSSR count). The molecule has 0 fully saturated rings. The van der Waals surface area contributed by atoms with Gasteiger partial charge in [0.15, 0.2) is 0 Å². The quantitative estimate of drug-likeness (QED) is 0.563. The Balaban J connectivity index is 2.76. The van der Waals surface area contributed by atoms with Crippen molar-refractivity contribution in [2.45, 2.75) is 38.3 Å². The van der Waals surface area contributed by atoms with Crippen LogP contribution in [0.25, 0.3) is 0 Å². The zero-order valence-electron chi connectivity index (χ0n) is 10.2. The molecule has 0 aliphatic carbocycles. The molecule has 90 valence electrons. The standard InChI is InChI=1S/C12H21N3O/c1-4-12(2,16-3)11(15-13)8-10-6-5-7-14-9-10/h5-7,9,11,15H,4,8,13H2,1-3H3. The summed E-state index contributed by atoms with van der Waals surface area (Å²) >= 11 is 0. The van der Waals surface area contributed by atoms with E-state index in [4.69, 9.17) is 10.6 Å². The fraction of sp³-hybridized carbons (Fsp3) is 0.583. The number of aromatic nitrogens is 1. The van der Waals surface area contributed by atoms with Crippen LogP contribution in [0.1, 0.15) is 25.8 Å². The predicted octanol–water partition coefficient (Wildman–Crippen LogP) is 1.27. The summed E-state index contributed by atoms with van der Waals surface area (Å²) in [6.07, 6.45) is 5.33. The van der Waals surface area contributed by atoms with Crippen LogP contribution < -0.4 is 11.3 Å². The van der Waals surface area contributed by atoms with Crippen LogP contribution in [0.15, 0.2) is 24.5 Å². The van der Waals surface area contributed by atoms with Gasteiger partial charge in [-0.15, -0.1) is 0 Å². The maximum atomic E-state index is 5.61. The molecule has 0 aliphatic heterocycles. The first-order valence-corrected chi connectivity index (χ1v) is 5.56. The van der Waals surface area contributed by atoms with E-state index < -0.39 is 0 Å². The van der Waals surface area contributed by atoms with Gasteiger partial charge in [0, 0.05) is 19.5 Å². The van der Waals surface area contributed by atoms with E-state index in [1.54, 1.807) is 13.3 Å². The van der Waals surface area contributed by atoms with Gasteiger partial charge in [0.25, 0.3) is 0 Å². The van der Waals surface area contributed by atoms with Crippen molar-refractivity contribution in [1.29, 1.82) is 0 Å². The van der Waals surface area contributed by atoms with Gasteiger partial charge in [-0.25, -0.2) is 0 Å². The Bertz CT molecular complexity index is 298. The van der Waals surface area contributed by atoms with E-state index >= 15 is 0 Å². The van der Waals surface area contributed by atoms with Crippen LogP contribution in [0.5, 0.6) is 0 Å². The molecule has 0 spiro atoms. The van der Waals surface area contributed by atoms with Crippen LogP contribution in [-0.4, -0.2) is 23.7 Å². The highest BCUT2D eigenvalue weighted by atomic mass is 16.5. The van der Waals surface area contributed by atoms with E-state index in [0.29, 0.717) is 0 Å². The Morgan fingerprint density at radius 2 is 2.38 bits per heavy atom. The molecule has 0 amide bonds. The van der Waals surface area contributed by atoms with Gasteiger partial charge in [0.05, 0.1) is 11.6 Å². The lowest BCUT2D eigenvalue weighted by atomic mass is 9.89. The summed E-state index contributed by atoms with van der Waals surface area (Å²) in [6.45, 7) is 4.16. The highest BCUT2D eigenvalue weighted by molar-refractivity contribution is 5.11. The second-order valence-corrected chi connectivity index (χ2v) is 4.15. The minimum absolute atomic E-state index is 0.0756. The van der Waals surface area contributed by atoms with Gasteiger partial charge >= 0.3 is 0 Å². The van der Waals surface area contributed by atoms with Gasteiger partial charge in [0.2, 0.25) is 0 Å². The zero-order chi connectivity index (χ0) is 12.0. The minimum atomic E-state index is -0.259. The number of nitrogens with zero attached hydrogens (tertiary/aromatic N) is 1. The normalized spacial score (nSPS) is 16.8. The van der Waals surface area contributed by atoms with Crippen LogP contribution in [0.3, 0.4) is 0 Å². The van der Waals surface area contributed by atoms with Crippen LogP contribution >= 0.6 is 0 Å². The fourth-order valence-corrected chi connectivity index (χ4v) is 1.74. The van der Waals surface area contributed by atoms with Gasteiger partial charge in [-0.3, -0.25) is 16.3 Å². The summed E-state index contributed by atoms with van der Waals surface area (Å²) in [5.41, 5.74) is 3.74. The number of hydrogen-bond acceptors (Lipinski definition) is 4. The van der Waals surface area contributed by atoms with Gasteiger partial charge in [0.1, 0.15) is 0 Å². The fourth-order valence-electron chi connectivity index (χ4n) is 1.74. The van der Waals surface area contributed by atoms with Crippen LogP contribution in [-0.2, 0) is 11.2 Å². The molecule has 0 aromatic carbocycles. The molecule has 1 heterocycles. The van der Waals surface area contributed by atoms with Gasteiger partial charge < -0.3 is 4.74 Å². The van der Waals surface area contributed by atoms with Crippen molar-refractivity contribution in [3.05, 3.63) is 30.1 Å². The monoisotopic (exact) mass is 223 g/mol. The molecule has 3 N–H and O–H groups in total. The highest BCUT2D eigenvalue weighted by Crippen LogP contribution is 2.21. The Morgan fingerprint density at radius 3 is 2.81 bits per heavy atom. The highest BCUT2D eigenvalue weighted by Gasteiger charge is 2.31. The summed E-state index contributed by atoms with van der Waals surface area (Å²) < 4.78 is 5.55. The van der Waals surface area contributed by atoms with Crippen molar-refractivity contribution in [3.63, 3.8) is 0 Å². The second-order valence-electron chi connectivity index (χ2n) is 4.15. The van der Waals surface area contributed by atoms with Crippen molar-refractivity contribution in [2.24, 2.45) is 5.84 Å². The molecule has 4 nitrogen and oxygen atoms in total. The molecule has 4 heteroatoms. The van der Waals surface area contributed by atoms with Gasteiger partial charge in [-0.1, -0.05) is 13.0 Å². The number of rotatable bonds is 6. The molecule has 2 unspecified atom stereocenters. The lowest BCUT2D eigenvalue weighted by Crippen LogP contribution is -2.53. The Kier molecular flexibility index (Phi) is 4.86. The third-order valence-electron chi connectivity index (χ3n) is 3.27. The number of nitrogens with two attached hydrogens (primary N) is 1. The molecular weight excluding hydrogens is 202 g/mol. The van der Waals surface area contributed by atoms with Crippen molar-refractivity contribution in [1.82, 2.24) is 10.4 Å². The third-order valence-corrected chi connectivity index (χ3v) is 3.27. The first-order chi connectivity index (χ1) is 7.66. The third kappa shape index (κ3) is 3.01. The first-order valence-electron chi connectivity index (χ1n) is 5.56. The summed E-state index contributed by atoms with van der Waals surface area (Å²) in [7, 11) is 1.72. The average Bonchev–Trinajstić information content (AvgIpc) is 2.36. The molecule has 0 saturated heterocycles. The van der Waals surface area contributed by atoms with Crippen molar-refractivity contribution >= 4 is 0 Å². The molecule has 2 atom stereocenters. The van der Waals surface area contributed by atoms with E-state index in [1.165, 1.54) is 0 Å². The molecular formula is C12H21N3O. The van der Waals surface area contributed by atoms with Crippen molar-refractivity contribution in [2.75, 3.05) is 7.11 Å². The number of nitrogens with one attached hydrogen (secondary N) is 1. The summed E-state index contributed by atoms with van der Waals surface area (Å²) in [6, 6.07) is 4.05. The number of methoxy groups -OCH3 is 1. The van der Waals surface area contributed by atoms with Crippen LogP contribution in [0.2, 0.25) is 0 Å². The second kappa shape index (κ2) is 5.94. The molecule has 1 aromatic rings.